The fraction of sp³-hybridized carbons (Fsp3) is 0.571. The monoisotopic (exact) mass is 328 g/mol. The number of benzene rings is 1. The van der Waals surface area contributed by atoms with E-state index in [-0.39, 0.29) is 6.10 Å². The second-order valence-corrected chi connectivity index (χ2v) is 5.92. The van der Waals surface area contributed by atoms with Crippen LogP contribution in [-0.2, 0) is 4.74 Å². The maximum Gasteiger partial charge on any atom is 0.162 e. The van der Waals surface area contributed by atoms with E-state index in [0.717, 1.165) is 22.2 Å². The van der Waals surface area contributed by atoms with Crippen molar-refractivity contribution >= 4 is 15.9 Å². The first kappa shape index (κ1) is 13.2. The summed E-state index contributed by atoms with van der Waals surface area (Å²) in [4.78, 5) is 0. The van der Waals surface area contributed by atoms with Crippen molar-refractivity contribution in [2.75, 3.05) is 19.8 Å². The van der Waals surface area contributed by atoms with Gasteiger partial charge in [-0.2, -0.15) is 0 Å². The Morgan fingerprint density at radius 1 is 1.21 bits per heavy atom. The SMILES string of the molecule is CC1CCOC1C(O)c1cc2c(cc1Br)OCCO2. The average Bonchev–Trinajstić information content (AvgIpc) is 2.83. The summed E-state index contributed by atoms with van der Waals surface area (Å²) in [5.74, 6) is 1.76. The summed E-state index contributed by atoms with van der Waals surface area (Å²) in [5, 5.41) is 10.5. The lowest BCUT2D eigenvalue weighted by Gasteiger charge is -2.25. The lowest BCUT2D eigenvalue weighted by atomic mass is 9.94. The molecule has 1 aromatic rings. The molecule has 0 bridgehead atoms. The molecule has 0 amide bonds. The molecule has 1 N–H and O–H groups in total. The predicted molar refractivity (Wildman–Crippen MR) is 73.6 cm³/mol. The van der Waals surface area contributed by atoms with Gasteiger partial charge in [0.1, 0.15) is 19.3 Å². The molecule has 1 aromatic carbocycles. The molecule has 1 saturated heterocycles. The van der Waals surface area contributed by atoms with E-state index < -0.39 is 6.10 Å². The third kappa shape index (κ3) is 2.47. The highest BCUT2D eigenvalue weighted by Crippen LogP contribution is 2.41. The number of halogens is 1. The maximum atomic E-state index is 10.5. The molecule has 5 heteroatoms. The summed E-state index contributed by atoms with van der Waals surface area (Å²) in [6, 6.07) is 3.70. The predicted octanol–water partition coefficient (Wildman–Crippen LogP) is 2.68. The van der Waals surface area contributed by atoms with E-state index in [2.05, 4.69) is 22.9 Å². The number of aliphatic hydroxyl groups is 1. The zero-order valence-electron chi connectivity index (χ0n) is 10.8. The fourth-order valence-corrected chi connectivity index (χ4v) is 3.16. The Kier molecular flexibility index (Phi) is 3.69. The lowest BCUT2D eigenvalue weighted by Crippen LogP contribution is -2.24. The molecule has 3 rings (SSSR count). The summed E-state index contributed by atoms with van der Waals surface area (Å²) in [7, 11) is 0. The molecule has 2 aliphatic rings. The Morgan fingerprint density at radius 3 is 2.53 bits per heavy atom. The van der Waals surface area contributed by atoms with Gasteiger partial charge in [-0.3, -0.25) is 0 Å². The van der Waals surface area contributed by atoms with Crippen LogP contribution in [0.4, 0.5) is 0 Å². The van der Waals surface area contributed by atoms with E-state index in [1.807, 2.05) is 12.1 Å². The third-order valence-electron chi connectivity index (χ3n) is 3.74. The zero-order chi connectivity index (χ0) is 13.4. The summed E-state index contributed by atoms with van der Waals surface area (Å²) >= 11 is 3.49. The number of fused-ring (bicyclic) bond motifs is 1. The molecule has 3 atom stereocenters. The van der Waals surface area contributed by atoms with Gasteiger partial charge in [-0.1, -0.05) is 22.9 Å². The highest BCUT2D eigenvalue weighted by molar-refractivity contribution is 9.10. The van der Waals surface area contributed by atoms with Crippen LogP contribution in [-0.4, -0.2) is 31.0 Å². The van der Waals surface area contributed by atoms with Crippen molar-refractivity contribution in [2.45, 2.75) is 25.6 Å². The van der Waals surface area contributed by atoms with Crippen LogP contribution in [0.25, 0.3) is 0 Å². The maximum absolute atomic E-state index is 10.5. The van der Waals surface area contributed by atoms with Gasteiger partial charge >= 0.3 is 0 Å². The normalized spacial score (nSPS) is 27.3. The minimum absolute atomic E-state index is 0.154. The Labute approximate surface area is 120 Å². The van der Waals surface area contributed by atoms with Crippen LogP contribution < -0.4 is 9.47 Å². The van der Waals surface area contributed by atoms with Gasteiger partial charge in [-0.25, -0.2) is 0 Å². The molecule has 0 saturated carbocycles. The molecule has 2 aliphatic heterocycles. The summed E-state index contributed by atoms with van der Waals surface area (Å²) < 4.78 is 17.5. The van der Waals surface area contributed by atoms with Crippen LogP contribution in [0.1, 0.15) is 25.0 Å². The number of ether oxygens (including phenoxy) is 3. The van der Waals surface area contributed by atoms with Gasteiger partial charge in [-0.05, 0) is 24.5 Å². The van der Waals surface area contributed by atoms with Crippen LogP contribution >= 0.6 is 15.9 Å². The van der Waals surface area contributed by atoms with Crippen molar-refractivity contribution in [3.05, 3.63) is 22.2 Å². The molecule has 3 unspecified atom stereocenters. The van der Waals surface area contributed by atoms with Crippen LogP contribution in [0.2, 0.25) is 0 Å². The number of rotatable bonds is 2. The summed E-state index contributed by atoms with van der Waals surface area (Å²) in [5.41, 5.74) is 0.794. The number of aliphatic hydroxyl groups excluding tert-OH is 1. The van der Waals surface area contributed by atoms with Gasteiger partial charge in [0.05, 0.1) is 6.10 Å². The van der Waals surface area contributed by atoms with Crippen LogP contribution in [0.15, 0.2) is 16.6 Å². The smallest absolute Gasteiger partial charge is 0.162 e. The second-order valence-electron chi connectivity index (χ2n) is 5.06. The Morgan fingerprint density at radius 2 is 1.89 bits per heavy atom. The molecular weight excluding hydrogens is 312 g/mol. The largest absolute Gasteiger partial charge is 0.486 e. The van der Waals surface area contributed by atoms with Crippen molar-refractivity contribution in [1.29, 1.82) is 0 Å². The van der Waals surface area contributed by atoms with Crippen molar-refractivity contribution in [1.82, 2.24) is 0 Å². The van der Waals surface area contributed by atoms with E-state index in [9.17, 15) is 5.11 Å². The minimum Gasteiger partial charge on any atom is -0.486 e. The molecule has 1 fully saturated rings. The number of hydrogen-bond acceptors (Lipinski definition) is 4. The molecule has 0 spiro atoms. The molecule has 0 aliphatic carbocycles. The van der Waals surface area contributed by atoms with E-state index in [1.54, 1.807) is 0 Å². The van der Waals surface area contributed by atoms with Crippen molar-refractivity contribution in [3.63, 3.8) is 0 Å². The van der Waals surface area contributed by atoms with Crippen LogP contribution in [0.5, 0.6) is 11.5 Å². The highest BCUT2D eigenvalue weighted by atomic mass is 79.9. The molecular formula is C14H17BrO4. The minimum atomic E-state index is -0.650. The van der Waals surface area contributed by atoms with Crippen LogP contribution in [0, 0.1) is 5.92 Å². The van der Waals surface area contributed by atoms with E-state index in [4.69, 9.17) is 14.2 Å². The zero-order valence-corrected chi connectivity index (χ0v) is 12.4. The Balaban J connectivity index is 1.91. The van der Waals surface area contributed by atoms with Gasteiger partial charge in [0.2, 0.25) is 0 Å². The Hall–Kier alpha value is -0.780. The first-order valence-corrected chi connectivity index (χ1v) is 7.35. The van der Waals surface area contributed by atoms with Crippen molar-refractivity contribution in [3.8, 4) is 11.5 Å². The molecule has 104 valence electrons. The molecule has 0 aromatic heterocycles. The quantitative estimate of drug-likeness (QED) is 0.906. The van der Waals surface area contributed by atoms with Gasteiger partial charge < -0.3 is 19.3 Å². The molecule has 4 nitrogen and oxygen atoms in total. The topological polar surface area (TPSA) is 47.9 Å². The standard InChI is InChI=1S/C14H17BrO4/c1-8-2-3-19-14(8)13(16)9-6-11-12(7-10(9)15)18-5-4-17-11/h6-8,13-14,16H,2-5H2,1H3. The van der Waals surface area contributed by atoms with Gasteiger partial charge in [-0.15, -0.1) is 0 Å². The second kappa shape index (κ2) is 5.31. The first-order valence-electron chi connectivity index (χ1n) is 6.55. The van der Waals surface area contributed by atoms with Gasteiger partial charge in [0, 0.05) is 16.6 Å². The van der Waals surface area contributed by atoms with E-state index in [0.29, 0.717) is 31.5 Å². The summed E-state index contributed by atoms with van der Waals surface area (Å²) in [6.07, 6.45) is 0.186. The van der Waals surface area contributed by atoms with Crippen molar-refractivity contribution < 1.29 is 19.3 Å². The third-order valence-corrected chi connectivity index (χ3v) is 4.42. The lowest BCUT2D eigenvalue weighted by molar-refractivity contribution is -0.0183. The Bertz CT molecular complexity index is 477. The highest BCUT2D eigenvalue weighted by Gasteiger charge is 2.33. The average molecular weight is 329 g/mol. The molecule has 2 heterocycles. The summed E-state index contributed by atoms with van der Waals surface area (Å²) in [6.45, 7) is 3.92. The molecule has 0 radical (unpaired) electrons. The van der Waals surface area contributed by atoms with Crippen LogP contribution in [0.3, 0.4) is 0 Å². The van der Waals surface area contributed by atoms with Gasteiger partial charge in [0.15, 0.2) is 11.5 Å². The van der Waals surface area contributed by atoms with Crippen molar-refractivity contribution in [2.24, 2.45) is 5.92 Å². The van der Waals surface area contributed by atoms with E-state index >= 15 is 0 Å². The van der Waals surface area contributed by atoms with E-state index in [1.165, 1.54) is 0 Å². The fourth-order valence-electron chi connectivity index (χ4n) is 2.60. The van der Waals surface area contributed by atoms with Gasteiger partial charge in [0.25, 0.3) is 0 Å². The molecule has 19 heavy (non-hydrogen) atoms. The number of hydrogen-bond donors (Lipinski definition) is 1. The first-order chi connectivity index (χ1) is 9.16.